The van der Waals surface area contributed by atoms with E-state index in [2.05, 4.69) is 24.9 Å². The van der Waals surface area contributed by atoms with Crippen LogP contribution < -0.4 is 0 Å². The fourth-order valence-corrected chi connectivity index (χ4v) is 1.86. The molecule has 0 N–H and O–H groups in total. The first kappa shape index (κ1) is 18.5. The quantitative estimate of drug-likeness (QED) is 0.584. The molecule has 100 valence electrons. The third kappa shape index (κ3) is 5.34. The van der Waals surface area contributed by atoms with E-state index in [-0.39, 0.29) is 0 Å². The van der Waals surface area contributed by atoms with E-state index in [1.54, 1.807) is 0 Å². The van der Waals surface area contributed by atoms with Crippen LogP contribution in [0.4, 0.5) is 0 Å². The van der Waals surface area contributed by atoms with Gasteiger partial charge in [-0.05, 0) is 35.4 Å². The van der Waals surface area contributed by atoms with Crippen LogP contribution in [0.5, 0.6) is 0 Å². The second kappa shape index (κ2) is 11.6. The molecule has 0 aliphatic heterocycles. The summed E-state index contributed by atoms with van der Waals surface area (Å²) < 4.78 is 0. The summed E-state index contributed by atoms with van der Waals surface area (Å²) in [4.78, 5) is 4.14. The van der Waals surface area contributed by atoms with Crippen molar-refractivity contribution < 1.29 is 0 Å². The number of rotatable bonds is 0. The molecule has 2 atom stereocenters. The minimum atomic E-state index is 0.707. The van der Waals surface area contributed by atoms with Crippen LogP contribution in [0.1, 0.15) is 72.4 Å². The molecule has 1 aromatic heterocycles. The fourth-order valence-electron chi connectivity index (χ4n) is 1.86. The van der Waals surface area contributed by atoms with Crippen molar-refractivity contribution in [3.63, 3.8) is 0 Å². The molecule has 1 aliphatic rings. The average Bonchev–Trinajstić information content (AvgIpc) is 2.73. The van der Waals surface area contributed by atoms with Gasteiger partial charge in [0.2, 0.25) is 0 Å². The lowest BCUT2D eigenvalue weighted by atomic mass is 9.98. The fraction of sp³-hybridized carbons (Fsp3) is 0.688. The number of pyridine rings is 1. The van der Waals surface area contributed by atoms with Crippen LogP contribution in [-0.4, -0.2) is 4.98 Å². The Balaban J connectivity index is 0. The largest absolute Gasteiger partial charge is 0.264 e. The Labute approximate surface area is 109 Å². The van der Waals surface area contributed by atoms with Crippen LogP contribution in [0.25, 0.3) is 0 Å². The van der Waals surface area contributed by atoms with Crippen molar-refractivity contribution in [3.8, 4) is 0 Å². The number of hydrogen-bond acceptors (Lipinski definition) is 1. The molecule has 2 unspecified atom stereocenters. The lowest BCUT2D eigenvalue weighted by Gasteiger charge is -2.07. The lowest BCUT2D eigenvalue weighted by molar-refractivity contribution is 0.531. The number of hydrogen-bond donors (Lipinski definition) is 0. The highest BCUT2D eigenvalue weighted by Crippen LogP contribution is 2.36. The van der Waals surface area contributed by atoms with Crippen LogP contribution in [0.15, 0.2) is 18.5 Å². The molecule has 0 saturated heterocycles. The van der Waals surface area contributed by atoms with E-state index in [0.29, 0.717) is 5.92 Å². The van der Waals surface area contributed by atoms with Gasteiger partial charge in [-0.3, -0.25) is 4.98 Å². The number of fused-ring (bicyclic) bond motifs is 1. The molecule has 0 bridgehead atoms. The number of aromatic nitrogens is 1. The van der Waals surface area contributed by atoms with Gasteiger partial charge in [-0.25, -0.2) is 0 Å². The van der Waals surface area contributed by atoms with Crippen LogP contribution in [0.3, 0.4) is 0 Å². The summed E-state index contributed by atoms with van der Waals surface area (Å²) >= 11 is 0. The molecule has 2 rings (SSSR count). The van der Waals surface area contributed by atoms with Crippen LogP contribution >= 0.6 is 0 Å². The minimum Gasteiger partial charge on any atom is -0.264 e. The van der Waals surface area contributed by atoms with Crippen molar-refractivity contribution in [1.82, 2.24) is 4.98 Å². The highest BCUT2D eigenvalue weighted by atomic mass is 14.6. The van der Waals surface area contributed by atoms with Crippen LogP contribution in [-0.2, 0) is 6.42 Å². The summed E-state index contributed by atoms with van der Waals surface area (Å²) in [6.45, 7) is 16.6. The van der Waals surface area contributed by atoms with Gasteiger partial charge in [-0.1, -0.05) is 55.4 Å². The molecule has 0 aromatic carbocycles. The van der Waals surface area contributed by atoms with E-state index in [1.807, 2.05) is 53.9 Å². The summed E-state index contributed by atoms with van der Waals surface area (Å²) in [5.74, 6) is 1.51. The first-order valence-electron chi connectivity index (χ1n) is 7.22. The molecule has 0 spiro atoms. The zero-order valence-corrected chi connectivity index (χ0v) is 13.0. The Bertz CT molecular complexity index is 268. The predicted octanol–water partition coefficient (Wildman–Crippen LogP) is 5.46. The highest BCUT2D eigenvalue weighted by molar-refractivity contribution is 5.32. The Kier molecular flexibility index (Phi) is 12.7. The normalized spacial score (nSPS) is 19.5. The predicted molar refractivity (Wildman–Crippen MR) is 79.6 cm³/mol. The van der Waals surface area contributed by atoms with Crippen LogP contribution in [0, 0.1) is 5.92 Å². The molecule has 1 aromatic rings. The van der Waals surface area contributed by atoms with Gasteiger partial charge in [-0.2, -0.15) is 0 Å². The van der Waals surface area contributed by atoms with Crippen molar-refractivity contribution in [1.29, 1.82) is 0 Å². The molecular formula is C16H31N. The molecule has 0 radical (unpaired) electrons. The monoisotopic (exact) mass is 237 g/mol. The van der Waals surface area contributed by atoms with Crippen molar-refractivity contribution in [2.45, 2.75) is 67.7 Å². The highest BCUT2D eigenvalue weighted by Gasteiger charge is 2.24. The second-order valence-corrected chi connectivity index (χ2v) is 3.54. The van der Waals surface area contributed by atoms with E-state index >= 15 is 0 Å². The first-order valence-corrected chi connectivity index (χ1v) is 7.22. The van der Waals surface area contributed by atoms with Gasteiger partial charge in [0.25, 0.3) is 0 Å². The molecule has 0 saturated carbocycles. The second-order valence-electron chi connectivity index (χ2n) is 3.54. The van der Waals surface area contributed by atoms with Gasteiger partial charge in [0.1, 0.15) is 0 Å². The van der Waals surface area contributed by atoms with E-state index < -0.39 is 0 Å². The van der Waals surface area contributed by atoms with Crippen molar-refractivity contribution in [3.05, 3.63) is 29.6 Å². The maximum atomic E-state index is 4.14. The van der Waals surface area contributed by atoms with Gasteiger partial charge in [-0.15, -0.1) is 0 Å². The van der Waals surface area contributed by atoms with Gasteiger partial charge in [0.15, 0.2) is 0 Å². The minimum absolute atomic E-state index is 0.707. The van der Waals surface area contributed by atoms with E-state index in [0.717, 1.165) is 5.92 Å². The summed E-state index contributed by atoms with van der Waals surface area (Å²) in [5.41, 5.74) is 2.96. The molecule has 1 heterocycles. The first-order chi connectivity index (χ1) is 8.29. The van der Waals surface area contributed by atoms with Gasteiger partial charge >= 0.3 is 0 Å². The Hall–Kier alpha value is -0.850. The van der Waals surface area contributed by atoms with Crippen LogP contribution in [0.2, 0.25) is 0 Å². The van der Waals surface area contributed by atoms with E-state index in [4.69, 9.17) is 0 Å². The summed E-state index contributed by atoms with van der Waals surface area (Å²) in [6, 6.07) is 2.15. The molecule has 1 heteroatoms. The maximum Gasteiger partial charge on any atom is 0.0305 e. The summed E-state index contributed by atoms with van der Waals surface area (Å²) in [6.07, 6.45) is 5.14. The lowest BCUT2D eigenvalue weighted by Crippen LogP contribution is -1.97. The van der Waals surface area contributed by atoms with Gasteiger partial charge in [0.05, 0.1) is 0 Å². The molecular weight excluding hydrogens is 206 g/mol. The maximum absolute atomic E-state index is 4.14. The van der Waals surface area contributed by atoms with Gasteiger partial charge in [0, 0.05) is 12.4 Å². The molecule has 17 heavy (non-hydrogen) atoms. The smallest absolute Gasteiger partial charge is 0.0305 e. The standard InChI is InChI=1S/C10H13N.3C2H6/c1-7-5-9-3-4-11-6-10(9)8(7)2;3*1-2/h3-4,6-8H,5H2,1-2H3;3*1-2H3. The van der Waals surface area contributed by atoms with Crippen molar-refractivity contribution >= 4 is 0 Å². The topological polar surface area (TPSA) is 12.9 Å². The molecule has 1 nitrogen and oxygen atoms in total. The Morgan fingerprint density at radius 2 is 1.53 bits per heavy atom. The third-order valence-electron chi connectivity index (χ3n) is 2.83. The SMILES string of the molecule is CC.CC.CC.CC1Cc2ccncc2C1C. The van der Waals surface area contributed by atoms with Crippen molar-refractivity contribution in [2.75, 3.05) is 0 Å². The molecule has 0 amide bonds. The van der Waals surface area contributed by atoms with Gasteiger partial charge < -0.3 is 0 Å². The van der Waals surface area contributed by atoms with E-state index in [9.17, 15) is 0 Å². The molecule has 0 fully saturated rings. The molecule has 1 aliphatic carbocycles. The zero-order valence-electron chi connectivity index (χ0n) is 13.0. The average molecular weight is 237 g/mol. The summed E-state index contributed by atoms with van der Waals surface area (Å²) in [5, 5.41) is 0. The van der Waals surface area contributed by atoms with Crippen molar-refractivity contribution in [2.24, 2.45) is 5.92 Å². The van der Waals surface area contributed by atoms with E-state index in [1.165, 1.54) is 17.5 Å². The number of nitrogens with zero attached hydrogens (tertiary/aromatic N) is 1. The third-order valence-corrected chi connectivity index (χ3v) is 2.83. The zero-order chi connectivity index (χ0) is 13.8. The Morgan fingerprint density at radius 3 is 2.00 bits per heavy atom. The summed E-state index contributed by atoms with van der Waals surface area (Å²) in [7, 11) is 0. The Morgan fingerprint density at radius 1 is 1.00 bits per heavy atom.